The molecule has 8 heteroatoms. The van der Waals surface area contributed by atoms with E-state index in [0.717, 1.165) is 23.7 Å². The molecule has 1 atom stereocenters. The van der Waals surface area contributed by atoms with Crippen LogP contribution in [0.1, 0.15) is 23.0 Å². The van der Waals surface area contributed by atoms with Crippen LogP contribution in [-0.4, -0.2) is 34.0 Å². The number of amides is 1. The SMILES string of the molecule is CC(OC(=O)c1cc([N+](=O)[O-])cn1C)C(=O)N1CCc2ccccc21. The molecule has 1 aromatic heterocycles. The van der Waals surface area contributed by atoms with E-state index >= 15 is 0 Å². The van der Waals surface area contributed by atoms with Gasteiger partial charge in [-0.05, 0) is 25.0 Å². The predicted octanol–water partition coefficient (Wildman–Crippen LogP) is 2.07. The largest absolute Gasteiger partial charge is 0.448 e. The van der Waals surface area contributed by atoms with Crippen molar-refractivity contribution >= 4 is 23.3 Å². The number of aromatic nitrogens is 1. The molecule has 3 rings (SSSR count). The molecule has 2 heterocycles. The van der Waals surface area contributed by atoms with E-state index in [1.807, 2.05) is 24.3 Å². The lowest BCUT2D eigenvalue weighted by molar-refractivity contribution is -0.384. The lowest BCUT2D eigenvalue weighted by Gasteiger charge is -2.21. The lowest BCUT2D eigenvalue weighted by Crippen LogP contribution is -2.39. The highest BCUT2D eigenvalue weighted by atomic mass is 16.6. The van der Waals surface area contributed by atoms with Crippen molar-refractivity contribution in [2.75, 3.05) is 11.4 Å². The van der Waals surface area contributed by atoms with Crippen molar-refractivity contribution in [1.82, 2.24) is 4.57 Å². The van der Waals surface area contributed by atoms with E-state index in [1.165, 1.54) is 24.7 Å². The highest BCUT2D eigenvalue weighted by Crippen LogP contribution is 2.28. The number of fused-ring (bicyclic) bond motifs is 1. The van der Waals surface area contributed by atoms with Crippen LogP contribution in [0.25, 0.3) is 0 Å². The maximum Gasteiger partial charge on any atom is 0.355 e. The minimum atomic E-state index is -0.993. The Morgan fingerprint density at radius 3 is 2.72 bits per heavy atom. The fourth-order valence-corrected chi connectivity index (χ4v) is 2.91. The normalized spacial score (nSPS) is 14.1. The van der Waals surface area contributed by atoms with Gasteiger partial charge in [-0.3, -0.25) is 14.9 Å². The van der Waals surface area contributed by atoms with E-state index in [-0.39, 0.29) is 17.3 Å². The van der Waals surface area contributed by atoms with Gasteiger partial charge in [0, 0.05) is 25.3 Å². The van der Waals surface area contributed by atoms with Crippen LogP contribution in [0.15, 0.2) is 36.5 Å². The highest BCUT2D eigenvalue weighted by Gasteiger charge is 2.30. The number of ether oxygens (including phenoxy) is 1. The second-order valence-corrected chi connectivity index (χ2v) is 5.87. The van der Waals surface area contributed by atoms with Crippen LogP contribution >= 0.6 is 0 Å². The molecule has 0 saturated carbocycles. The van der Waals surface area contributed by atoms with Gasteiger partial charge in [0.25, 0.3) is 11.6 Å². The Kier molecular flexibility index (Phi) is 4.26. The Hall–Kier alpha value is -3.16. The monoisotopic (exact) mass is 343 g/mol. The van der Waals surface area contributed by atoms with E-state index < -0.39 is 17.0 Å². The Labute approximate surface area is 143 Å². The molecule has 1 aromatic carbocycles. The van der Waals surface area contributed by atoms with E-state index in [1.54, 1.807) is 4.90 Å². The number of aryl methyl sites for hydroxylation is 1. The zero-order valence-electron chi connectivity index (χ0n) is 13.8. The quantitative estimate of drug-likeness (QED) is 0.481. The van der Waals surface area contributed by atoms with Crippen LogP contribution in [0, 0.1) is 10.1 Å². The summed E-state index contributed by atoms with van der Waals surface area (Å²) in [5.74, 6) is -1.09. The standard InChI is InChI=1S/C17H17N3O5/c1-11(16(21)19-8-7-12-5-3-4-6-14(12)19)25-17(22)15-9-13(20(23)24)10-18(15)2/h3-6,9-11H,7-8H2,1-2H3. The van der Waals surface area contributed by atoms with Crippen LogP contribution in [-0.2, 0) is 23.0 Å². The highest BCUT2D eigenvalue weighted by molar-refractivity contribution is 6.00. The Balaban J connectivity index is 1.72. The first-order valence-corrected chi connectivity index (χ1v) is 7.79. The molecule has 8 nitrogen and oxygen atoms in total. The first kappa shape index (κ1) is 16.7. The number of para-hydroxylation sites is 1. The molecule has 1 aliphatic rings. The molecule has 0 saturated heterocycles. The Morgan fingerprint density at radius 1 is 1.32 bits per heavy atom. The molecule has 0 spiro atoms. The van der Waals surface area contributed by atoms with Gasteiger partial charge in [0.1, 0.15) is 5.69 Å². The van der Waals surface area contributed by atoms with Gasteiger partial charge >= 0.3 is 5.97 Å². The van der Waals surface area contributed by atoms with Crippen LogP contribution in [0.5, 0.6) is 0 Å². The summed E-state index contributed by atoms with van der Waals surface area (Å²) in [5.41, 5.74) is 1.72. The number of nitrogens with zero attached hydrogens (tertiary/aromatic N) is 3. The van der Waals surface area contributed by atoms with Crippen molar-refractivity contribution in [3.8, 4) is 0 Å². The van der Waals surface area contributed by atoms with Gasteiger partial charge in [-0.15, -0.1) is 0 Å². The van der Waals surface area contributed by atoms with Gasteiger partial charge in [-0.2, -0.15) is 0 Å². The predicted molar refractivity (Wildman–Crippen MR) is 89.4 cm³/mol. The number of benzene rings is 1. The second kappa shape index (κ2) is 6.39. The second-order valence-electron chi connectivity index (χ2n) is 5.87. The third-order valence-electron chi connectivity index (χ3n) is 4.20. The van der Waals surface area contributed by atoms with Crippen LogP contribution in [0.2, 0.25) is 0 Å². The molecule has 2 aromatic rings. The van der Waals surface area contributed by atoms with Crippen molar-refractivity contribution in [3.05, 3.63) is 57.9 Å². The minimum Gasteiger partial charge on any atom is -0.448 e. The molecular formula is C17H17N3O5. The molecule has 25 heavy (non-hydrogen) atoms. The van der Waals surface area contributed by atoms with Crippen molar-refractivity contribution in [1.29, 1.82) is 0 Å². The van der Waals surface area contributed by atoms with Gasteiger partial charge in [0.2, 0.25) is 0 Å². The van der Waals surface area contributed by atoms with Crippen LogP contribution in [0.4, 0.5) is 11.4 Å². The summed E-state index contributed by atoms with van der Waals surface area (Å²) in [6.07, 6.45) is 0.986. The molecule has 0 bridgehead atoms. The van der Waals surface area contributed by atoms with Gasteiger partial charge in [-0.25, -0.2) is 4.79 Å². The third-order valence-corrected chi connectivity index (χ3v) is 4.20. The van der Waals surface area contributed by atoms with Crippen LogP contribution < -0.4 is 4.90 Å². The smallest absolute Gasteiger partial charge is 0.355 e. The third kappa shape index (κ3) is 3.10. The zero-order chi connectivity index (χ0) is 18.1. The number of hydrogen-bond acceptors (Lipinski definition) is 5. The first-order chi connectivity index (χ1) is 11.9. The zero-order valence-corrected chi connectivity index (χ0v) is 13.8. The molecule has 1 aliphatic heterocycles. The molecule has 1 unspecified atom stereocenters. The number of hydrogen-bond donors (Lipinski definition) is 0. The number of rotatable bonds is 4. The maximum atomic E-state index is 12.6. The van der Waals surface area contributed by atoms with E-state index in [9.17, 15) is 19.7 Å². The van der Waals surface area contributed by atoms with E-state index in [0.29, 0.717) is 6.54 Å². The minimum absolute atomic E-state index is 0.0215. The number of carbonyl (C=O) groups excluding carboxylic acids is 2. The van der Waals surface area contributed by atoms with Crippen LogP contribution in [0.3, 0.4) is 0 Å². The Morgan fingerprint density at radius 2 is 2.04 bits per heavy atom. The molecule has 1 amide bonds. The summed E-state index contributed by atoms with van der Waals surface area (Å²) >= 11 is 0. The summed E-state index contributed by atoms with van der Waals surface area (Å²) in [5, 5.41) is 10.8. The molecule has 0 fully saturated rings. The van der Waals surface area contributed by atoms with Crippen molar-refractivity contribution in [3.63, 3.8) is 0 Å². The number of nitro groups is 1. The molecule has 0 radical (unpaired) electrons. The fourth-order valence-electron chi connectivity index (χ4n) is 2.91. The average Bonchev–Trinajstić information content (AvgIpc) is 3.17. The van der Waals surface area contributed by atoms with Gasteiger partial charge in [-0.1, -0.05) is 18.2 Å². The number of anilines is 1. The van der Waals surface area contributed by atoms with Gasteiger partial charge < -0.3 is 14.2 Å². The average molecular weight is 343 g/mol. The molecule has 130 valence electrons. The number of carbonyl (C=O) groups is 2. The van der Waals surface area contributed by atoms with Crippen molar-refractivity contribution < 1.29 is 19.2 Å². The molecule has 0 aliphatic carbocycles. The first-order valence-electron chi connectivity index (χ1n) is 7.79. The topological polar surface area (TPSA) is 94.7 Å². The summed E-state index contributed by atoms with van der Waals surface area (Å²) in [6.45, 7) is 2.04. The summed E-state index contributed by atoms with van der Waals surface area (Å²) in [7, 11) is 1.51. The molecule has 0 N–H and O–H groups in total. The van der Waals surface area contributed by atoms with Gasteiger partial charge in [0.15, 0.2) is 6.10 Å². The molecular weight excluding hydrogens is 326 g/mol. The summed E-state index contributed by atoms with van der Waals surface area (Å²) in [6, 6.07) is 8.71. The van der Waals surface area contributed by atoms with Crippen molar-refractivity contribution in [2.24, 2.45) is 7.05 Å². The maximum absolute atomic E-state index is 12.6. The van der Waals surface area contributed by atoms with E-state index in [2.05, 4.69) is 0 Å². The Bertz CT molecular complexity index is 858. The van der Waals surface area contributed by atoms with E-state index in [4.69, 9.17) is 4.74 Å². The summed E-state index contributed by atoms with van der Waals surface area (Å²) < 4.78 is 6.53. The van der Waals surface area contributed by atoms with Crippen molar-refractivity contribution in [2.45, 2.75) is 19.4 Å². The van der Waals surface area contributed by atoms with Gasteiger partial charge in [0.05, 0.1) is 11.1 Å². The fraction of sp³-hybridized carbons (Fsp3) is 0.294. The summed E-state index contributed by atoms with van der Waals surface area (Å²) in [4.78, 5) is 36.6. The number of esters is 1. The lowest BCUT2D eigenvalue weighted by atomic mass is 10.2.